The first-order valence-corrected chi connectivity index (χ1v) is 7.67. The maximum absolute atomic E-state index is 6.44. The summed E-state index contributed by atoms with van der Waals surface area (Å²) in [5, 5.41) is 0. The number of hydrogen-bond donors (Lipinski definition) is 1. The molecule has 0 saturated carbocycles. The summed E-state index contributed by atoms with van der Waals surface area (Å²) in [6, 6.07) is 12.3. The molecule has 1 aromatic carbocycles. The van der Waals surface area contributed by atoms with E-state index < -0.39 is 0 Å². The number of nitrogens with two attached hydrogens (primary N) is 1. The van der Waals surface area contributed by atoms with Crippen molar-refractivity contribution in [1.29, 1.82) is 0 Å². The van der Waals surface area contributed by atoms with Crippen LogP contribution in [0.2, 0.25) is 0 Å². The SMILES string of the molecule is CC(N)(Cc1ccc(Br)s1)c1ccccc1Br. The predicted molar refractivity (Wildman–Crippen MR) is 81.4 cm³/mol. The minimum Gasteiger partial charge on any atom is -0.321 e. The summed E-state index contributed by atoms with van der Waals surface area (Å²) in [4.78, 5) is 1.29. The second-order valence-electron chi connectivity index (χ2n) is 4.28. The summed E-state index contributed by atoms with van der Waals surface area (Å²) in [7, 11) is 0. The van der Waals surface area contributed by atoms with Crippen LogP contribution in [0.5, 0.6) is 0 Å². The molecule has 0 radical (unpaired) electrons. The quantitative estimate of drug-likeness (QED) is 0.828. The molecule has 2 N–H and O–H groups in total. The van der Waals surface area contributed by atoms with Gasteiger partial charge in [0.05, 0.1) is 3.79 Å². The van der Waals surface area contributed by atoms with E-state index in [1.165, 1.54) is 4.88 Å². The van der Waals surface area contributed by atoms with Gasteiger partial charge in [-0.15, -0.1) is 11.3 Å². The van der Waals surface area contributed by atoms with Crippen LogP contribution in [-0.2, 0) is 12.0 Å². The highest BCUT2D eigenvalue weighted by Crippen LogP contribution is 2.32. The van der Waals surface area contributed by atoms with Gasteiger partial charge in [-0.3, -0.25) is 0 Å². The van der Waals surface area contributed by atoms with Gasteiger partial charge in [0.15, 0.2) is 0 Å². The molecule has 90 valence electrons. The Hall–Kier alpha value is -0.160. The van der Waals surface area contributed by atoms with Crippen LogP contribution in [0, 0.1) is 0 Å². The monoisotopic (exact) mass is 373 g/mol. The van der Waals surface area contributed by atoms with E-state index in [9.17, 15) is 0 Å². The van der Waals surface area contributed by atoms with Crippen molar-refractivity contribution in [3.8, 4) is 0 Å². The van der Waals surface area contributed by atoms with E-state index in [4.69, 9.17) is 5.73 Å². The second-order valence-corrected chi connectivity index (χ2v) is 7.68. The number of halogens is 2. The first-order valence-electron chi connectivity index (χ1n) is 5.27. The van der Waals surface area contributed by atoms with Gasteiger partial charge < -0.3 is 5.73 Å². The van der Waals surface area contributed by atoms with Gasteiger partial charge in [0.1, 0.15) is 0 Å². The average molecular weight is 375 g/mol. The molecule has 0 amide bonds. The lowest BCUT2D eigenvalue weighted by molar-refractivity contribution is 0.493. The van der Waals surface area contributed by atoms with Crippen LogP contribution < -0.4 is 5.73 Å². The summed E-state index contributed by atoms with van der Waals surface area (Å²) in [5.41, 5.74) is 7.23. The standard InChI is InChI=1S/C13H13Br2NS/c1-13(16,8-9-6-7-12(15)17-9)10-4-2-3-5-11(10)14/h2-7H,8,16H2,1H3. The summed E-state index contributed by atoms with van der Waals surface area (Å²) < 4.78 is 2.22. The average Bonchev–Trinajstić information content (AvgIpc) is 2.63. The smallest absolute Gasteiger partial charge is 0.0701 e. The van der Waals surface area contributed by atoms with Crippen molar-refractivity contribution in [3.63, 3.8) is 0 Å². The van der Waals surface area contributed by atoms with E-state index in [1.54, 1.807) is 11.3 Å². The fourth-order valence-electron chi connectivity index (χ4n) is 1.83. The molecule has 0 saturated heterocycles. The molecule has 2 rings (SSSR count). The van der Waals surface area contributed by atoms with Gasteiger partial charge in [0, 0.05) is 21.3 Å². The first kappa shape index (κ1) is 13.3. The van der Waals surface area contributed by atoms with Crippen molar-refractivity contribution >= 4 is 43.2 Å². The molecule has 0 bridgehead atoms. The molecule has 17 heavy (non-hydrogen) atoms. The van der Waals surface area contributed by atoms with Crippen molar-refractivity contribution in [1.82, 2.24) is 0 Å². The van der Waals surface area contributed by atoms with Gasteiger partial charge in [0.2, 0.25) is 0 Å². The van der Waals surface area contributed by atoms with Crippen molar-refractivity contribution in [2.24, 2.45) is 5.73 Å². The molecule has 1 aromatic heterocycles. The number of thiophene rings is 1. The van der Waals surface area contributed by atoms with Crippen LogP contribution in [0.25, 0.3) is 0 Å². The van der Waals surface area contributed by atoms with E-state index in [0.717, 1.165) is 20.2 Å². The highest BCUT2D eigenvalue weighted by Gasteiger charge is 2.24. The molecule has 0 aliphatic carbocycles. The van der Waals surface area contributed by atoms with E-state index >= 15 is 0 Å². The Balaban J connectivity index is 2.27. The highest BCUT2D eigenvalue weighted by molar-refractivity contribution is 9.11. The fraction of sp³-hybridized carbons (Fsp3) is 0.231. The van der Waals surface area contributed by atoms with Crippen LogP contribution in [-0.4, -0.2) is 0 Å². The number of hydrogen-bond acceptors (Lipinski definition) is 2. The van der Waals surface area contributed by atoms with Gasteiger partial charge in [-0.05, 0) is 46.6 Å². The van der Waals surface area contributed by atoms with Crippen LogP contribution in [0.4, 0.5) is 0 Å². The fourth-order valence-corrected chi connectivity index (χ4v) is 4.22. The summed E-state index contributed by atoms with van der Waals surface area (Å²) in [6.07, 6.45) is 0.839. The molecule has 4 heteroatoms. The summed E-state index contributed by atoms with van der Waals surface area (Å²) >= 11 is 8.78. The third-order valence-electron chi connectivity index (χ3n) is 2.66. The van der Waals surface area contributed by atoms with Crippen LogP contribution >= 0.6 is 43.2 Å². The molecular formula is C13H13Br2NS. The lowest BCUT2D eigenvalue weighted by Gasteiger charge is -2.25. The third-order valence-corrected chi connectivity index (χ3v) is 4.97. The Morgan fingerprint density at radius 2 is 1.88 bits per heavy atom. The molecule has 1 heterocycles. The van der Waals surface area contributed by atoms with Gasteiger partial charge in [0.25, 0.3) is 0 Å². The zero-order valence-corrected chi connectivity index (χ0v) is 13.4. The largest absolute Gasteiger partial charge is 0.321 e. The Morgan fingerprint density at radius 1 is 1.18 bits per heavy atom. The lowest BCUT2D eigenvalue weighted by Crippen LogP contribution is -2.35. The molecular weight excluding hydrogens is 362 g/mol. The summed E-state index contributed by atoms with van der Waals surface area (Å²) in [5.74, 6) is 0. The van der Waals surface area contributed by atoms with Crippen LogP contribution in [0.1, 0.15) is 17.4 Å². The molecule has 2 aromatic rings. The van der Waals surface area contributed by atoms with Gasteiger partial charge in [-0.2, -0.15) is 0 Å². The van der Waals surface area contributed by atoms with E-state index in [-0.39, 0.29) is 5.54 Å². The zero-order chi connectivity index (χ0) is 12.5. The molecule has 1 unspecified atom stereocenters. The number of rotatable bonds is 3. The Kier molecular flexibility index (Phi) is 4.08. The zero-order valence-electron chi connectivity index (χ0n) is 9.41. The van der Waals surface area contributed by atoms with E-state index in [2.05, 4.69) is 57.0 Å². The summed E-state index contributed by atoms with van der Waals surface area (Å²) in [6.45, 7) is 2.07. The Labute approximate surface area is 122 Å². The molecule has 1 nitrogen and oxygen atoms in total. The van der Waals surface area contributed by atoms with Gasteiger partial charge in [-0.1, -0.05) is 34.1 Å². The Bertz CT molecular complexity index is 520. The van der Waals surface area contributed by atoms with Crippen LogP contribution in [0.3, 0.4) is 0 Å². The Morgan fingerprint density at radius 3 is 2.47 bits per heavy atom. The van der Waals surface area contributed by atoms with Gasteiger partial charge >= 0.3 is 0 Å². The predicted octanol–water partition coefficient (Wildman–Crippen LogP) is 4.69. The minimum absolute atomic E-state index is 0.357. The van der Waals surface area contributed by atoms with Crippen molar-refractivity contribution in [3.05, 3.63) is 55.1 Å². The molecule has 1 atom stereocenters. The second kappa shape index (κ2) is 5.22. The third kappa shape index (κ3) is 3.19. The number of benzene rings is 1. The van der Waals surface area contributed by atoms with Crippen molar-refractivity contribution < 1.29 is 0 Å². The van der Waals surface area contributed by atoms with E-state index in [1.807, 2.05) is 18.2 Å². The lowest BCUT2D eigenvalue weighted by atomic mass is 9.89. The molecule has 0 aliphatic heterocycles. The van der Waals surface area contributed by atoms with E-state index in [0.29, 0.717) is 0 Å². The maximum atomic E-state index is 6.44. The molecule has 0 fully saturated rings. The maximum Gasteiger partial charge on any atom is 0.0701 e. The van der Waals surface area contributed by atoms with Crippen molar-refractivity contribution in [2.75, 3.05) is 0 Å². The van der Waals surface area contributed by atoms with Gasteiger partial charge in [-0.25, -0.2) is 0 Å². The van der Waals surface area contributed by atoms with Crippen molar-refractivity contribution in [2.45, 2.75) is 18.9 Å². The molecule has 0 aliphatic rings. The first-order chi connectivity index (χ1) is 7.99. The molecule has 0 spiro atoms. The highest BCUT2D eigenvalue weighted by atomic mass is 79.9. The normalized spacial score (nSPS) is 14.6. The van der Waals surface area contributed by atoms with Crippen LogP contribution in [0.15, 0.2) is 44.7 Å². The topological polar surface area (TPSA) is 26.0 Å². The minimum atomic E-state index is -0.357.